The van der Waals surface area contributed by atoms with Gasteiger partial charge in [-0.25, -0.2) is 14.4 Å². The second kappa shape index (κ2) is 21.6. The van der Waals surface area contributed by atoms with Crippen LogP contribution in [0.5, 0.6) is 5.75 Å². The standard InChI is InChI=1S/C40H47Cl2N5O10/c1-23(2)18-31(37(52)53)46-36(51)30(19-24-10-7-6-8-11-24)45-33(49)22-43-32(48)21-44-35(50)29(47-39(55)57-40(3,4)5)20-25-14-16-26(17-15-25)56-38(54)34-27(41)12-9-13-28(34)42/h6-17,23,29-31H,18-22H2,1-5H3,(H,43,48)(H,44,50)(H,45,49)(H,46,51)(H,47,55)(H,52,53)/t29-,30-,31-/m0/s1. The molecule has 0 bridgehead atoms. The van der Waals surface area contributed by atoms with Crippen molar-refractivity contribution in [3.63, 3.8) is 0 Å². The van der Waals surface area contributed by atoms with Crippen LogP contribution in [-0.4, -0.2) is 83.6 Å². The molecule has 57 heavy (non-hydrogen) atoms. The molecular formula is C40H47Cl2N5O10. The van der Waals surface area contributed by atoms with Crippen LogP contribution < -0.4 is 31.3 Å². The van der Waals surface area contributed by atoms with Crippen LogP contribution in [0.2, 0.25) is 10.0 Å². The molecule has 6 N–H and O–H groups in total. The van der Waals surface area contributed by atoms with E-state index in [2.05, 4.69) is 26.6 Å². The zero-order valence-corrected chi connectivity index (χ0v) is 33.7. The van der Waals surface area contributed by atoms with Gasteiger partial charge in [0, 0.05) is 12.8 Å². The van der Waals surface area contributed by atoms with Gasteiger partial charge in [-0.05, 0) is 68.5 Å². The average molecular weight is 829 g/mol. The van der Waals surface area contributed by atoms with Crippen molar-refractivity contribution in [2.75, 3.05) is 13.1 Å². The third-order valence-electron chi connectivity index (χ3n) is 7.87. The Labute approximate surface area is 340 Å². The first-order chi connectivity index (χ1) is 26.8. The van der Waals surface area contributed by atoms with Gasteiger partial charge >= 0.3 is 18.0 Å². The van der Waals surface area contributed by atoms with Crippen molar-refractivity contribution in [1.82, 2.24) is 26.6 Å². The van der Waals surface area contributed by atoms with E-state index >= 15 is 0 Å². The first kappa shape index (κ1) is 45.7. The van der Waals surface area contributed by atoms with E-state index in [0.717, 1.165) is 0 Å². The van der Waals surface area contributed by atoms with E-state index in [1.54, 1.807) is 69.3 Å². The van der Waals surface area contributed by atoms with E-state index in [0.29, 0.717) is 11.1 Å². The number of rotatable bonds is 18. The average Bonchev–Trinajstić information content (AvgIpc) is 3.12. The topological polar surface area (TPSA) is 218 Å². The highest BCUT2D eigenvalue weighted by atomic mass is 35.5. The van der Waals surface area contributed by atoms with Gasteiger partial charge in [0.1, 0.15) is 29.5 Å². The lowest BCUT2D eigenvalue weighted by Gasteiger charge is -2.23. The second-order valence-corrected chi connectivity index (χ2v) is 15.2. The SMILES string of the molecule is CC(C)C[C@H](NC(=O)[C@H](Cc1ccccc1)NC(=O)CNC(=O)CNC(=O)[C@H](Cc1ccc(OC(=O)c2c(Cl)cccc2Cl)cc1)NC(=O)OC(C)(C)C)C(=O)O. The van der Waals surface area contributed by atoms with Crippen LogP contribution in [-0.2, 0) is 41.6 Å². The van der Waals surface area contributed by atoms with Crippen LogP contribution in [0.25, 0.3) is 0 Å². The van der Waals surface area contributed by atoms with E-state index in [-0.39, 0.29) is 46.5 Å². The van der Waals surface area contributed by atoms with Crippen molar-refractivity contribution in [3.8, 4) is 5.75 Å². The summed E-state index contributed by atoms with van der Waals surface area (Å²) >= 11 is 12.2. The number of benzene rings is 3. The number of carbonyl (C=O) groups is 7. The summed E-state index contributed by atoms with van der Waals surface area (Å²) in [6.45, 7) is 7.42. The molecule has 15 nitrogen and oxygen atoms in total. The third kappa shape index (κ3) is 16.1. The maximum absolute atomic E-state index is 13.3. The number of hydrogen-bond donors (Lipinski definition) is 6. The zero-order chi connectivity index (χ0) is 42.3. The fraction of sp³-hybridized carbons (Fsp3) is 0.375. The lowest BCUT2D eigenvalue weighted by molar-refractivity contribution is -0.142. The van der Waals surface area contributed by atoms with Crippen molar-refractivity contribution >= 4 is 64.9 Å². The van der Waals surface area contributed by atoms with Crippen molar-refractivity contribution in [3.05, 3.63) is 99.5 Å². The number of ether oxygens (including phenoxy) is 2. The third-order valence-corrected chi connectivity index (χ3v) is 8.50. The molecule has 3 aromatic carbocycles. The van der Waals surface area contributed by atoms with Gasteiger partial charge in [-0.1, -0.05) is 85.6 Å². The van der Waals surface area contributed by atoms with Gasteiger partial charge in [0.15, 0.2) is 0 Å². The maximum Gasteiger partial charge on any atom is 0.408 e. The smallest absolute Gasteiger partial charge is 0.408 e. The Morgan fingerprint density at radius 2 is 1.23 bits per heavy atom. The number of halogens is 2. The molecule has 0 aliphatic carbocycles. The lowest BCUT2D eigenvalue weighted by Crippen LogP contribution is -2.54. The predicted octanol–water partition coefficient (Wildman–Crippen LogP) is 4.22. The molecule has 3 aromatic rings. The second-order valence-electron chi connectivity index (χ2n) is 14.4. The van der Waals surface area contributed by atoms with Crippen LogP contribution in [0.3, 0.4) is 0 Å². The van der Waals surface area contributed by atoms with Gasteiger partial charge in [-0.3, -0.25) is 19.2 Å². The monoisotopic (exact) mass is 827 g/mol. The van der Waals surface area contributed by atoms with Crippen molar-refractivity contribution in [2.45, 2.75) is 77.6 Å². The fourth-order valence-electron chi connectivity index (χ4n) is 5.24. The van der Waals surface area contributed by atoms with E-state index in [4.69, 9.17) is 32.7 Å². The molecule has 0 saturated heterocycles. The minimum absolute atomic E-state index is 0.00396. The molecule has 306 valence electrons. The Kier molecular flexibility index (Phi) is 17.3. The van der Waals surface area contributed by atoms with Gasteiger partial charge < -0.3 is 41.2 Å². The highest BCUT2D eigenvalue weighted by Crippen LogP contribution is 2.26. The number of esters is 1. The van der Waals surface area contributed by atoms with Crippen LogP contribution in [0, 0.1) is 5.92 Å². The highest BCUT2D eigenvalue weighted by Gasteiger charge is 2.28. The lowest BCUT2D eigenvalue weighted by atomic mass is 10.0. The molecule has 5 amide bonds. The van der Waals surface area contributed by atoms with Crippen molar-refractivity contribution in [2.24, 2.45) is 5.92 Å². The molecule has 0 spiro atoms. The van der Waals surface area contributed by atoms with Crippen LogP contribution in [0.15, 0.2) is 72.8 Å². The zero-order valence-electron chi connectivity index (χ0n) is 32.2. The molecule has 0 heterocycles. The van der Waals surface area contributed by atoms with Crippen LogP contribution in [0.4, 0.5) is 4.79 Å². The summed E-state index contributed by atoms with van der Waals surface area (Å²) in [6.07, 6.45) is -0.731. The van der Waals surface area contributed by atoms with E-state index < -0.39 is 78.5 Å². The van der Waals surface area contributed by atoms with Crippen molar-refractivity contribution in [1.29, 1.82) is 0 Å². The molecule has 0 aliphatic heterocycles. The number of amides is 5. The summed E-state index contributed by atoms with van der Waals surface area (Å²) < 4.78 is 10.7. The van der Waals surface area contributed by atoms with Gasteiger partial charge in [-0.2, -0.15) is 0 Å². The number of carbonyl (C=O) groups excluding carboxylic acids is 6. The number of aliphatic carboxylic acids is 1. The van der Waals surface area contributed by atoms with Gasteiger partial charge in [-0.15, -0.1) is 0 Å². The first-order valence-corrected chi connectivity index (χ1v) is 18.7. The first-order valence-electron chi connectivity index (χ1n) is 18.0. The summed E-state index contributed by atoms with van der Waals surface area (Å²) in [6, 6.07) is 15.9. The Bertz CT molecular complexity index is 1880. The summed E-state index contributed by atoms with van der Waals surface area (Å²) in [7, 11) is 0. The minimum atomic E-state index is -1.23. The summed E-state index contributed by atoms with van der Waals surface area (Å²) in [5.74, 6) is -4.82. The van der Waals surface area contributed by atoms with Gasteiger partial charge in [0.05, 0.1) is 28.7 Å². The highest BCUT2D eigenvalue weighted by molar-refractivity contribution is 6.39. The molecular weight excluding hydrogens is 781 g/mol. The van der Waals surface area contributed by atoms with E-state index in [1.165, 1.54) is 24.3 Å². The Hall–Kier alpha value is -5.67. The van der Waals surface area contributed by atoms with E-state index in [9.17, 15) is 38.7 Å². The summed E-state index contributed by atoms with van der Waals surface area (Å²) in [5, 5.41) is 22.2. The summed E-state index contributed by atoms with van der Waals surface area (Å²) in [5.41, 5.74) is 0.355. The number of alkyl carbamates (subject to hydrolysis) is 1. The molecule has 3 rings (SSSR count). The molecule has 0 unspecified atom stereocenters. The minimum Gasteiger partial charge on any atom is -0.480 e. The number of carboxylic acids is 1. The summed E-state index contributed by atoms with van der Waals surface area (Å²) in [4.78, 5) is 89.2. The van der Waals surface area contributed by atoms with E-state index in [1.807, 2.05) is 13.8 Å². The number of carboxylic acid groups (broad SMARTS) is 1. The predicted molar refractivity (Wildman–Crippen MR) is 212 cm³/mol. The molecule has 0 fully saturated rings. The quantitative estimate of drug-likeness (QED) is 0.0793. The van der Waals surface area contributed by atoms with Crippen molar-refractivity contribution < 1.29 is 48.1 Å². The Morgan fingerprint density at radius 1 is 0.667 bits per heavy atom. The normalized spacial score (nSPS) is 12.6. The Morgan fingerprint density at radius 3 is 1.79 bits per heavy atom. The molecule has 0 saturated carbocycles. The Balaban J connectivity index is 1.62. The molecule has 3 atom stereocenters. The molecule has 0 aromatic heterocycles. The van der Waals surface area contributed by atoms with Crippen LogP contribution >= 0.6 is 23.2 Å². The van der Waals surface area contributed by atoms with Gasteiger partial charge in [0.2, 0.25) is 23.6 Å². The molecule has 0 radical (unpaired) electrons. The van der Waals surface area contributed by atoms with Crippen LogP contribution in [0.1, 0.15) is 62.5 Å². The molecule has 0 aliphatic rings. The maximum atomic E-state index is 13.3. The number of nitrogens with one attached hydrogen (secondary N) is 5. The number of hydrogen-bond acceptors (Lipinski definition) is 9. The molecule has 17 heteroatoms. The fourth-order valence-corrected chi connectivity index (χ4v) is 5.79. The van der Waals surface area contributed by atoms with Gasteiger partial charge in [0.25, 0.3) is 0 Å². The largest absolute Gasteiger partial charge is 0.480 e.